The molecule has 0 unspecified atom stereocenters. The number of aromatic nitrogens is 2. The van der Waals surface area contributed by atoms with E-state index in [9.17, 15) is 36.4 Å². The van der Waals surface area contributed by atoms with Crippen LogP contribution in [0.1, 0.15) is 38.4 Å². The molecule has 0 bridgehead atoms. The molecule has 0 saturated carbocycles. The molecule has 244 valence electrons. The first-order chi connectivity index (χ1) is 20.9. The Kier molecular flexibility index (Phi) is 10.6. The van der Waals surface area contributed by atoms with Crippen LogP contribution < -0.4 is 4.72 Å². The van der Waals surface area contributed by atoms with E-state index >= 15 is 0 Å². The molecule has 1 heterocycles. The molecule has 0 aliphatic carbocycles. The van der Waals surface area contributed by atoms with Crippen molar-refractivity contribution in [3.8, 4) is 16.9 Å². The summed E-state index contributed by atoms with van der Waals surface area (Å²) in [5, 5.41) is 20.0. The molecule has 0 aliphatic heterocycles. The zero-order valence-corrected chi connectivity index (χ0v) is 25.7. The Bertz CT molecular complexity index is 1640. The summed E-state index contributed by atoms with van der Waals surface area (Å²) in [6, 6.07) is 12.3. The second kappa shape index (κ2) is 13.8. The van der Waals surface area contributed by atoms with Gasteiger partial charge in [0.25, 0.3) is 16.8 Å². The van der Waals surface area contributed by atoms with Crippen LogP contribution in [-0.2, 0) is 35.3 Å². The minimum absolute atomic E-state index is 0.0147. The van der Waals surface area contributed by atoms with Crippen LogP contribution in [0, 0.1) is 12.1 Å². The van der Waals surface area contributed by atoms with E-state index in [2.05, 4.69) is 20.0 Å². The number of esters is 1. The van der Waals surface area contributed by atoms with Gasteiger partial charge in [-0.3, -0.25) is 4.79 Å². The van der Waals surface area contributed by atoms with Gasteiger partial charge in [0.05, 0.1) is 28.3 Å². The third-order valence-corrected chi connectivity index (χ3v) is 7.66. The van der Waals surface area contributed by atoms with E-state index in [0.29, 0.717) is 5.56 Å². The SMILES string of the molecule is CCC(=O)OCO/N=[N+](\[O-])N(C)C(C)(C)COC(=O)NS(=O)(=O)c1ccc(-n2nc(C(F)(F)F)cc2-c2ccc(C)cc2)cc1. The van der Waals surface area contributed by atoms with Crippen LogP contribution in [0.2, 0.25) is 0 Å². The number of ether oxygens (including phenoxy) is 2. The molecule has 0 aliphatic rings. The Morgan fingerprint density at radius 2 is 1.71 bits per heavy atom. The van der Waals surface area contributed by atoms with Crippen molar-refractivity contribution in [3.05, 3.63) is 71.1 Å². The standard InChI is InChI=1S/C27H31F3N6O8S/c1-6-24(37)43-17-44-33-36(39)34(5)26(3,4)16-42-25(38)32-45(40,41)21-13-11-20(12-14-21)35-22(15-23(31-35)27(28,29)30)19-9-7-18(2)8-10-19/h7-15H,6,16-17H2,1-5H3,(H,32,38)/b36-33-. The maximum atomic E-state index is 13.5. The number of hydrazine groups is 1. The van der Waals surface area contributed by atoms with Gasteiger partial charge in [-0.2, -0.15) is 18.3 Å². The average molecular weight is 657 g/mol. The van der Waals surface area contributed by atoms with Gasteiger partial charge in [0.1, 0.15) is 12.1 Å². The molecule has 2 aromatic carbocycles. The lowest BCUT2D eigenvalue weighted by molar-refractivity contribution is -0.721. The van der Waals surface area contributed by atoms with E-state index in [1.54, 1.807) is 35.9 Å². The molecule has 0 atom stereocenters. The maximum absolute atomic E-state index is 13.5. The number of hydrogen-bond acceptors (Lipinski definition) is 10. The molecule has 1 N–H and O–H groups in total. The summed E-state index contributed by atoms with van der Waals surface area (Å²) in [5.41, 5.74) is -0.733. The van der Waals surface area contributed by atoms with Crippen LogP contribution >= 0.6 is 0 Å². The molecule has 0 radical (unpaired) electrons. The van der Waals surface area contributed by atoms with Gasteiger partial charge < -0.3 is 19.5 Å². The number of benzene rings is 2. The van der Waals surface area contributed by atoms with Crippen molar-refractivity contribution in [2.75, 3.05) is 20.4 Å². The highest BCUT2D eigenvalue weighted by Crippen LogP contribution is 2.33. The van der Waals surface area contributed by atoms with Gasteiger partial charge in [-0.15, -0.1) is 5.01 Å². The number of carbonyl (C=O) groups is 2. The second-order valence-electron chi connectivity index (χ2n) is 10.2. The number of rotatable bonds is 12. The van der Waals surface area contributed by atoms with Crippen molar-refractivity contribution in [2.24, 2.45) is 5.28 Å². The minimum Gasteiger partial charge on any atom is -0.569 e. The zero-order valence-electron chi connectivity index (χ0n) is 24.9. The number of halogens is 3. The smallest absolute Gasteiger partial charge is 0.435 e. The normalized spacial score (nSPS) is 12.4. The molecular formula is C27H31F3N6O8S. The van der Waals surface area contributed by atoms with Crippen LogP contribution in [-0.4, -0.2) is 66.2 Å². The number of sulfonamides is 1. The van der Waals surface area contributed by atoms with Gasteiger partial charge >= 0.3 is 18.2 Å². The van der Waals surface area contributed by atoms with Gasteiger partial charge in [0.15, 0.2) is 5.69 Å². The van der Waals surface area contributed by atoms with E-state index in [1.165, 1.54) is 33.0 Å². The highest BCUT2D eigenvalue weighted by atomic mass is 32.2. The van der Waals surface area contributed by atoms with Crippen LogP contribution in [0.3, 0.4) is 0 Å². The Morgan fingerprint density at radius 1 is 1.09 bits per heavy atom. The molecular weight excluding hydrogens is 625 g/mol. The maximum Gasteiger partial charge on any atom is 0.435 e. The lowest BCUT2D eigenvalue weighted by Gasteiger charge is -2.30. The quantitative estimate of drug-likeness (QED) is 0.0720. The van der Waals surface area contributed by atoms with E-state index in [0.717, 1.165) is 33.5 Å². The van der Waals surface area contributed by atoms with Crippen molar-refractivity contribution < 1.29 is 50.5 Å². The van der Waals surface area contributed by atoms with Gasteiger partial charge in [-0.05, 0) is 51.1 Å². The summed E-state index contributed by atoms with van der Waals surface area (Å²) in [6.07, 6.45) is -5.98. The zero-order chi connectivity index (χ0) is 33.6. The number of aryl methyl sites for hydroxylation is 1. The number of carbonyl (C=O) groups excluding carboxylic acids is 2. The largest absolute Gasteiger partial charge is 0.569 e. The van der Waals surface area contributed by atoms with E-state index in [4.69, 9.17) is 4.74 Å². The van der Waals surface area contributed by atoms with Crippen LogP contribution in [0.25, 0.3) is 16.9 Å². The third kappa shape index (κ3) is 9.07. The van der Waals surface area contributed by atoms with Crippen molar-refractivity contribution in [3.63, 3.8) is 0 Å². The molecule has 1 aromatic heterocycles. The van der Waals surface area contributed by atoms with Crippen molar-refractivity contribution in [2.45, 2.75) is 50.7 Å². The molecule has 0 saturated heterocycles. The Hall–Kier alpha value is -4.87. The van der Waals surface area contributed by atoms with Gasteiger partial charge in [-0.1, -0.05) is 36.8 Å². The summed E-state index contributed by atoms with van der Waals surface area (Å²) in [6.45, 7) is 5.28. The van der Waals surface area contributed by atoms with Crippen molar-refractivity contribution in [1.82, 2.24) is 19.5 Å². The summed E-state index contributed by atoms with van der Waals surface area (Å²) >= 11 is 0. The van der Waals surface area contributed by atoms with Crippen LogP contribution in [0.15, 0.2) is 64.8 Å². The van der Waals surface area contributed by atoms with Crippen LogP contribution in [0.5, 0.6) is 0 Å². The lowest BCUT2D eigenvalue weighted by atomic mass is 10.1. The summed E-state index contributed by atoms with van der Waals surface area (Å²) in [7, 11) is -3.18. The molecule has 45 heavy (non-hydrogen) atoms. The number of hydrogen-bond donors (Lipinski definition) is 1. The number of alkyl halides is 3. The number of nitrogens with zero attached hydrogens (tertiary/aromatic N) is 5. The predicted molar refractivity (Wildman–Crippen MR) is 151 cm³/mol. The highest BCUT2D eigenvalue weighted by molar-refractivity contribution is 7.90. The number of likely N-dealkylation sites (N-methyl/N-ethyl adjacent to an activating group) is 1. The third-order valence-electron chi connectivity index (χ3n) is 6.33. The highest BCUT2D eigenvalue weighted by Gasteiger charge is 2.36. The molecule has 1 amide bonds. The van der Waals surface area contributed by atoms with Gasteiger partial charge in [0, 0.05) is 12.0 Å². The Labute approximate surface area is 256 Å². The Morgan fingerprint density at radius 3 is 2.29 bits per heavy atom. The lowest BCUT2D eigenvalue weighted by Crippen LogP contribution is -2.49. The fourth-order valence-electron chi connectivity index (χ4n) is 3.50. The topological polar surface area (TPSA) is 167 Å². The second-order valence-corrected chi connectivity index (χ2v) is 11.8. The summed E-state index contributed by atoms with van der Waals surface area (Å²) in [4.78, 5) is 27.7. The first kappa shape index (κ1) is 34.6. The number of nitrogens with one attached hydrogen (secondary N) is 1. The summed E-state index contributed by atoms with van der Waals surface area (Å²) < 4.78 is 78.5. The van der Waals surface area contributed by atoms with Crippen molar-refractivity contribution in [1.29, 1.82) is 0 Å². The Balaban J connectivity index is 1.69. The van der Waals surface area contributed by atoms with E-state index in [-0.39, 0.29) is 27.7 Å². The minimum atomic E-state index is -4.72. The molecule has 18 heteroatoms. The first-order valence-electron chi connectivity index (χ1n) is 13.2. The molecule has 0 spiro atoms. The molecule has 0 fully saturated rings. The fourth-order valence-corrected chi connectivity index (χ4v) is 4.39. The molecule has 14 nitrogen and oxygen atoms in total. The van der Waals surface area contributed by atoms with E-state index in [1.807, 2.05) is 6.92 Å². The van der Waals surface area contributed by atoms with Gasteiger partial charge in [-0.25, -0.2) is 22.6 Å². The monoisotopic (exact) mass is 656 g/mol. The van der Waals surface area contributed by atoms with Crippen LogP contribution in [0.4, 0.5) is 18.0 Å². The van der Waals surface area contributed by atoms with Gasteiger partial charge in [0.2, 0.25) is 5.28 Å². The average Bonchev–Trinajstić information content (AvgIpc) is 3.44. The van der Waals surface area contributed by atoms with Crippen molar-refractivity contribution >= 4 is 22.1 Å². The molecule has 3 aromatic rings. The summed E-state index contributed by atoms with van der Waals surface area (Å²) in [5.74, 6) is -0.564. The first-order valence-corrected chi connectivity index (χ1v) is 14.7. The molecule has 3 rings (SSSR count). The predicted octanol–water partition coefficient (Wildman–Crippen LogP) is 4.71. The van der Waals surface area contributed by atoms with E-state index < -0.39 is 52.9 Å². The number of amides is 1. The fraction of sp³-hybridized carbons (Fsp3) is 0.370.